The van der Waals surface area contributed by atoms with Crippen LogP contribution in [-0.2, 0) is 30.0 Å². The predicted molar refractivity (Wildman–Crippen MR) is 132 cm³/mol. The van der Waals surface area contributed by atoms with Crippen molar-refractivity contribution in [3.8, 4) is 11.4 Å². The molecule has 3 saturated carbocycles. The highest BCUT2D eigenvalue weighted by Gasteiger charge is 2.54. The minimum atomic E-state index is -4.53. The lowest BCUT2D eigenvalue weighted by Crippen LogP contribution is -2.48. The lowest BCUT2D eigenvalue weighted by molar-refractivity contribution is -0.137. The summed E-state index contributed by atoms with van der Waals surface area (Å²) in [6, 6.07) is 2.64. The normalized spacial score (nSPS) is 24.8. The maximum absolute atomic E-state index is 13.8. The largest absolute Gasteiger partial charge is 0.417 e. The van der Waals surface area contributed by atoms with E-state index in [9.17, 15) is 22.0 Å². The molecule has 3 aliphatic carbocycles. The van der Waals surface area contributed by atoms with Crippen LogP contribution in [0.1, 0.15) is 68.6 Å². The predicted octanol–water partition coefficient (Wildman–Crippen LogP) is 6.75. The van der Waals surface area contributed by atoms with Crippen molar-refractivity contribution in [3.63, 3.8) is 0 Å². The van der Waals surface area contributed by atoms with Gasteiger partial charge in [-0.1, -0.05) is 5.16 Å². The van der Waals surface area contributed by atoms with Gasteiger partial charge < -0.3 is 9.09 Å². The molecule has 0 radical (unpaired) electrons. The van der Waals surface area contributed by atoms with Gasteiger partial charge in [0.05, 0.1) is 5.56 Å². The Morgan fingerprint density at radius 3 is 2.03 bits per heavy atom. The SMILES string of the molecule is Cn1c(-c2cc(I)c(I)cc2C(F)(F)F)nnc1C12CCC(c3noc(C(C)(F)F)n3)(CC1)CC2. The fraction of sp³-hybridized carbons (Fsp3) is 0.545. The van der Waals surface area contributed by atoms with E-state index in [4.69, 9.17) is 4.52 Å². The van der Waals surface area contributed by atoms with Crippen LogP contribution in [0, 0.1) is 7.14 Å². The first-order valence-corrected chi connectivity index (χ1v) is 13.1. The zero-order valence-electron chi connectivity index (χ0n) is 18.7. The van der Waals surface area contributed by atoms with Crippen LogP contribution in [0.5, 0.6) is 0 Å². The minimum absolute atomic E-state index is 0.000696. The van der Waals surface area contributed by atoms with Crippen molar-refractivity contribution in [2.24, 2.45) is 7.05 Å². The van der Waals surface area contributed by atoms with Crippen molar-refractivity contribution in [1.82, 2.24) is 24.9 Å². The zero-order chi connectivity index (χ0) is 25.4. The molecule has 2 bridgehead atoms. The molecule has 2 heterocycles. The molecule has 6 nitrogen and oxygen atoms in total. The fourth-order valence-electron chi connectivity index (χ4n) is 5.47. The highest BCUT2D eigenvalue weighted by molar-refractivity contribution is 14.1. The summed E-state index contributed by atoms with van der Waals surface area (Å²) in [4.78, 5) is 4.01. The standard InChI is InChI=1S/C22H20F5I2N5O/c1-19(23,24)18-30-16(33-35-18)20-3-6-21(7-4-20,8-5-20)17-32-31-15(34(17)2)11-9-13(28)14(29)10-12(11)22(25,26)27/h9-10H,3-8H2,1-2H3. The van der Waals surface area contributed by atoms with Gasteiger partial charge in [-0.2, -0.15) is 26.9 Å². The quantitative estimate of drug-likeness (QED) is 0.221. The monoisotopic (exact) mass is 719 g/mol. The van der Waals surface area contributed by atoms with Crippen LogP contribution in [0.25, 0.3) is 11.4 Å². The Morgan fingerprint density at radius 1 is 0.914 bits per heavy atom. The molecular weight excluding hydrogens is 699 g/mol. The van der Waals surface area contributed by atoms with E-state index in [1.807, 2.05) is 45.2 Å². The van der Waals surface area contributed by atoms with Gasteiger partial charge >= 0.3 is 12.1 Å². The third kappa shape index (κ3) is 4.17. The molecular formula is C22H20F5I2N5O. The van der Waals surface area contributed by atoms with Crippen LogP contribution >= 0.6 is 45.2 Å². The van der Waals surface area contributed by atoms with Crippen molar-refractivity contribution >= 4 is 45.2 Å². The summed E-state index contributed by atoms with van der Waals surface area (Å²) in [5, 5.41) is 12.5. The van der Waals surface area contributed by atoms with Gasteiger partial charge in [0.1, 0.15) is 5.82 Å². The number of rotatable bonds is 4. The maximum Gasteiger partial charge on any atom is 0.417 e. The molecule has 0 N–H and O–H groups in total. The van der Waals surface area contributed by atoms with E-state index >= 15 is 0 Å². The molecule has 1 aromatic carbocycles. The van der Waals surface area contributed by atoms with Crippen LogP contribution in [-0.4, -0.2) is 24.9 Å². The van der Waals surface area contributed by atoms with E-state index in [1.165, 1.54) is 6.07 Å². The number of nitrogens with zero attached hydrogens (tertiary/aromatic N) is 5. The molecule has 3 aromatic rings. The topological polar surface area (TPSA) is 69.6 Å². The summed E-state index contributed by atoms with van der Waals surface area (Å²) in [5.41, 5.74) is -1.53. The summed E-state index contributed by atoms with van der Waals surface area (Å²) in [6.45, 7) is 0.721. The van der Waals surface area contributed by atoms with Crippen LogP contribution in [0.4, 0.5) is 22.0 Å². The van der Waals surface area contributed by atoms with E-state index in [2.05, 4.69) is 20.3 Å². The maximum atomic E-state index is 13.8. The molecule has 0 spiro atoms. The minimum Gasteiger partial charge on any atom is -0.333 e. The molecule has 188 valence electrons. The average Bonchev–Trinajstić information content (AvgIpc) is 3.44. The summed E-state index contributed by atoms with van der Waals surface area (Å²) >= 11 is 3.91. The van der Waals surface area contributed by atoms with Crippen LogP contribution in [0.3, 0.4) is 0 Å². The van der Waals surface area contributed by atoms with Crippen LogP contribution in [0.15, 0.2) is 16.7 Å². The first-order chi connectivity index (χ1) is 16.3. The van der Waals surface area contributed by atoms with Crippen molar-refractivity contribution in [1.29, 1.82) is 0 Å². The van der Waals surface area contributed by atoms with Gasteiger partial charge in [-0.05, 0) is 95.8 Å². The van der Waals surface area contributed by atoms with Gasteiger partial charge in [0.2, 0.25) is 0 Å². The molecule has 3 aliphatic rings. The highest BCUT2D eigenvalue weighted by atomic mass is 127. The lowest BCUT2D eigenvalue weighted by Gasteiger charge is -2.51. The van der Waals surface area contributed by atoms with E-state index in [-0.39, 0.29) is 16.8 Å². The zero-order valence-corrected chi connectivity index (χ0v) is 23.0. The third-order valence-electron chi connectivity index (χ3n) is 7.48. The fourth-order valence-corrected chi connectivity index (χ4v) is 6.40. The molecule has 0 unspecified atom stereocenters. The number of benzene rings is 1. The Hall–Kier alpha value is -1.39. The smallest absolute Gasteiger partial charge is 0.333 e. The second-order valence-electron chi connectivity index (χ2n) is 9.59. The number of aromatic nitrogens is 5. The van der Waals surface area contributed by atoms with Gasteiger partial charge in [-0.25, -0.2) is 0 Å². The molecule has 35 heavy (non-hydrogen) atoms. The molecule has 0 aliphatic heterocycles. The molecule has 6 rings (SSSR count). The van der Waals surface area contributed by atoms with Crippen molar-refractivity contribution < 1.29 is 26.5 Å². The van der Waals surface area contributed by atoms with E-state index in [0.717, 1.165) is 13.0 Å². The molecule has 0 atom stereocenters. The number of fused-ring (bicyclic) bond motifs is 3. The van der Waals surface area contributed by atoms with Gasteiger partial charge in [0, 0.05) is 37.5 Å². The van der Waals surface area contributed by atoms with Crippen LogP contribution < -0.4 is 0 Å². The van der Waals surface area contributed by atoms with Gasteiger partial charge in [-0.3, -0.25) is 0 Å². The first-order valence-electron chi connectivity index (χ1n) is 10.9. The Bertz CT molecular complexity index is 1270. The molecule has 2 aromatic heterocycles. The Kier molecular flexibility index (Phi) is 6.00. The second-order valence-corrected chi connectivity index (χ2v) is 11.9. The summed E-state index contributed by atoms with van der Waals surface area (Å²) in [6.07, 6.45) is -0.529. The summed E-state index contributed by atoms with van der Waals surface area (Å²) < 4.78 is 76.4. The molecule has 0 amide bonds. The van der Waals surface area contributed by atoms with Gasteiger partial charge in [-0.15, -0.1) is 10.2 Å². The highest BCUT2D eigenvalue weighted by Crippen LogP contribution is 2.58. The Balaban J connectivity index is 1.47. The Morgan fingerprint density at radius 2 is 1.49 bits per heavy atom. The van der Waals surface area contributed by atoms with Crippen molar-refractivity contribution in [3.05, 3.63) is 42.4 Å². The van der Waals surface area contributed by atoms with E-state index in [0.29, 0.717) is 57.3 Å². The van der Waals surface area contributed by atoms with Crippen molar-refractivity contribution in [2.75, 3.05) is 0 Å². The number of hydrogen-bond acceptors (Lipinski definition) is 5. The summed E-state index contributed by atoms with van der Waals surface area (Å²) in [7, 11) is 1.70. The van der Waals surface area contributed by atoms with Gasteiger partial charge in [0.25, 0.3) is 5.89 Å². The lowest BCUT2D eigenvalue weighted by atomic mass is 9.53. The number of hydrogen-bond donors (Lipinski definition) is 0. The third-order valence-corrected chi connectivity index (χ3v) is 10.3. The molecule has 0 saturated heterocycles. The van der Waals surface area contributed by atoms with Crippen LogP contribution in [0.2, 0.25) is 0 Å². The average molecular weight is 719 g/mol. The molecule has 3 fully saturated rings. The van der Waals surface area contributed by atoms with E-state index in [1.54, 1.807) is 11.6 Å². The van der Waals surface area contributed by atoms with E-state index < -0.39 is 29.0 Å². The van der Waals surface area contributed by atoms with Gasteiger partial charge in [0.15, 0.2) is 11.6 Å². The van der Waals surface area contributed by atoms with Crippen molar-refractivity contribution in [2.45, 2.75) is 68.4 Å². The second kappa shape index (κ2) is 8.31. The summed E-state index contributed by atoms with van der Waals surface area (Å²) in [5.74, 6) is -2.76. The molecule has 13 heteroatoms. The first kappa shape index (κ1) is 25.3. The number of halogens is 7. The Labute approximate surface area is 224 Å². The number of alkyl halides is 5.